The lowest BCUT2D eigenvalue weighted by Gasteiger charge is -2.20. The summed E-state index contributed by atoms with van der Waals surface area (Å²) in [7, 11) is -4.60. The zero-order valence-corrected chi connectivity index (χ0v) is 20.8. The first-order chi connectivity index (χ1) is 12.2. The van der Waals surface area contributed by atoms with Crippen LogP contribution in [-0.2, 0) is 19.6 Å². The van der Waals surface area contributed by atoms with Gasteiger partial charge in [-0.3, -0.25) is 4.79 Å². The molecule has 2 bridgehead atoms. The number of ether oxygens (including phenoxy) is 2. The van der Waals surface area contributed by atoms with E-state index in [4.69, 9.17) is 9.47 Å². The summed E-state index contributed by atoms with van der Waals surface area (Å²) in [5.74, 6) is 1.34. The van der Waals surface area contributed by atoms with Crippen LogP contribution in [0.4, 0.5) is 0 Å². The Morgan fingerprint density at radius 1 is 1.15 bits per heavy atom. The number of carbonyl (C=O) groups excluding carboxylic acids is 1. The summed E-state index contributed by atoms with van der Waals surface area (Å²) >= 11 is 5.65. The smallest absolute Gasteiger partial charge is 0.309 e. The number of hydrogen-bond donors (Lipinski definition) is 0. The molecule has 6 nitrogen and oxygen atoms in total. The molecule has 1 aromatic rings. The van der Waals surface area contributed by atoms with Crippen molar-refractivity contribution in [2.45, 2.75) is 30.6 Å². The number of fused-ring (bicyclic) bond motifs is 2. The highest BCUT2D eigenvalue weighted by Gasteiger charge is 2.43. The fourth-order valence-electron chi connectivity index (χ4n) is 3.84. The van der Waals surface area contributed by atoms with E-state index in [2.05, 4.69) is 0 Å². The second-order valence-electron chi connectivity index (χ2n) is 6.56. The Bertz CT molecular complexity index is 826. The summed E-state index contributed by atoms with van der Waals surface area (Å²) < 4.78 is 46.7. The third kappa shape index (κ3) is 4.59. The number of halogens is 3. The van der Waals surface area contributed by atoms with Crippen LogP contribution in [0.15, 0.2) is 11.0 Å². The minimum atomic E-state index is -4.60. The topological polar surface area (TPSA) is 92.7 Å². The van der Waals surface area contributed by atoms with E-state index in [-0.39, 0.29) is 33.6 Å². The molecule has 10 heteroatoms. The summed E-state index contributed by atoms with van der Waals surface area (Å²) in [6.07, 6.45) is 4.42. The van der Waals surface area contributed by atoms with Crippen LogP contribution in [0, 0.1) is 28.5 Å². The van der Waals surface area contributed by atoms with Crippen LogP contribution in [-0.4, -0.2) is 32.2 Å². The molecule has 0 amide bonds. The lowest BCUT2D eigenvalue weighted by atomic mass is 9.89. The van der Waals surface area contributed by atoms with Crippen LogP contribution in [0.3, 0.4) is 0 Å². The second kappa shape index (κ2) is 8.53. The monoisotopic (exact) mass is 717 g/mol. The maximum Gasteiger partial charge on any atom is 0.309 e. The molecular weight excluding hydrogens is 701 g/mol. The molecule has 144 valence electrons. The zero-order valence-electron chi connectivity index (χ0n) is 13.5. The molecule has 3 unspecified atom stereocenters. The van der Waals surface area contributed by atoms with Gasteiger partial charge in [0.15, 0.2) is 0 Å². The summed E-state index contributed by atoms with van der Waals surface area (Å²) in [6.45, 7) is 0.210. The average molecular weight is 717 g/mol. The van der Waals surface area contributed by atoms with Gasteiger partial charge < -0.3 is 14.0 Å². The SMILES string of the molecule is O=C(OCCOc1c(I)cc(I)c(S(=O)(=O)[O-])c1I)C1CC2CCC1C2. The minimum absolute atomic E-state index is 0.0181. The van der Waals surface area contributed by atoms with Crippen molar-refractivity contribution in [2.75, 3.05) is 13.2 Å². The fraction of sp³-hybridized carbons (Fsp3) is 0.562. The van der Waals surface area contributed by atoms with Gasteiger partial charge >= 0.3 is 5.97 Å². The van der Waals surface area contributed by atoms with Gasteiger partial charge in [-0.25, -0.2) is 8.42 Å². The quantitative estimate of drug-likeness (QED) is 0.193. The molecule has 26 heavy (non-hydrogen) atoms. The normalized spacial score (nSPS) is 24.7. The van der Waals surface area contributed by atoms with Gasteiger partial charge in [-0.05, 0) is 105 Å². The number of hydrogen-bond acceptors (Lipinski definition) is 6. The molecule has 2 aliphatic carbocycles. The molecule has 0 spiro atoms. The van der Waals surface area contributed by atoms with Crippen molar-refractivity contribution in [2.24, 2.45) is 17.8 Å². The molecule has 1 aromatic carbocycles. The Morgan fingerprint density at radius 3 is 2.46 bits per heavy atom. The van der Waals surface area contributed by atoms with E-state index in [0.29, 0.717) is 24.7 Å². The molecule has 3 rings (SSSR count). The largest absolute Gasteiger partial charge is 0.744 e. The van der Waals surface area contributed by atoms with E-state index in [1.54, 1.807) is 28.7 Å². The highest BCUT2D eigenvalue weighted by molar-refractivity contribution is 14.1. The van der Waals surface area contributed by atoms with Crippen molar-refractivity contribution in [3.8, 4) is 5.75 Å². The first kappa shape index (κ1) is 21.3. The van der Waals surface area contributed by atoms with Gasteiger partial charge in [0.2, 0.25) is 0 Å². The molecular formula is C16H16I3O6S-. The lowest BCUT2D eigenvalue weighted by Crippen LogP contribution is -2.25. The highest BCUT2D eigenvalue weighted by atomic mass is 127. The van der Waals surface area contributed by atoms with Gasteiger partial charge in [0.25, 0.3) is 0 Å². The molecule has 0 heterocycles. The van der Waals surface area contributed by atoms with Crippen molar-refractivity contribution < 1.29 is 27.2 Å². The molecule has 0 radical (unpaired) electrons. The maximum atomic E-state index is 12.2. The van der Waals surface area contributed by atoms with Crippen molar-refractivity contribution in [3.05, 3.63) is 16.8 Å². The van der Waals surface area contributed by atoms with Crippen molar-refractivity contribution in [3.63, 3.8) is 0 Å². The lowest BCUT2D eigenvalue weighted by molar-refractivity contribution is -0.151. The first-order valence-corrected chi connectivity index (χ1v) is 12.8. The first-order valence-electron chi connectivity index (χ1n) is 8.11. The number of benzene rings is 1. The van der Waals surface area contributed by atoms with Crippen molar-refractivity contribution in [1.82, 2.24) is 0 Å². The van der Waals surface area contributed by atoms with E-state index in [9.17, 15) is 17.8 Å². The van der Waals surface area contributed by atoms with Crippen LogP contribution < -0.4 is 4.74 Å². The molecule has 0 saturated heterocycles. The zero-order chi connectivity index (χ0) is 19.1. The van der Waals surface area contributed by atoms with Crippen LogP contribution in [0.25, 0.3) is 0 Å². The number of rotatable bonds is 6. The summed E-state index contributed by atoms with van der Waals surface area (Å²) in [6, 6.07) is 1.59. The van der Waals surface area contributed by atoms with E-state index < -0.39 is 10.1 Å². The molecule has 2 saturated carbocycles. The predicted molar refractivity (Wildman–Crippen MR) is 118 cm³/mol. The van der Waals surface area contributed by atoms with Gasteiger partial charge in [0, 0.05) is 3.57 Å². The van der Waals surface area contributed by atoms with Crippen molar-refractivity contribution >= 4 is 83.9 Å². The minimum Gasteiger partial charge on any atom is -0.744 e. The fourth-order valence-corrected chi connectivity index (χ4v) is 9.75. The second-order valence-corrected chi connectivity index (χ2v) is 11.3. The van der Waals surface area contributed by atoms with Gasteiger partial charge in [0.05, 0.1) is 18.0 Å². The van der Waals surface area contributed by atoms with Gasteiger partial charge in [-0.1, -0.05) is 6.42 Å². The van der Waals surface area contributed by atoms with Crippen LogP contribution >= 0.6 is 67.8 Å². The van der Waals surface area contributed by atoms with Gasteiger partial charge in [-0.2, -0.15) is 0 Å². The van der Waals surface area contributed by atoms with Crippen LogP contribution in [0.2, 0.25) is 0 Å². The Balaban J connectivity index is 1.59. The van der Waals surface area contributed by atoms with Gasteiger partial charge in [-0.15, -0.1) is 0 Å². The summed E-state index contributed by atoms with van der Waals surface area (Å²) in [5.41, 5.74) is 0. The number of carbonyl (C=O) groups is 1. The third-order valence-electron chi connectivity index (χ3n) is 4.95. The summed E-state index contributed by atoms with van der Waals surface area (Å²) in [4.78, 5) is 11.9. The maximum absolute atomic E-state index is 12.2. The molecule has 2 fully saturated rings. The Hall–Kier alpha value is 0.590. The highest BCUT2D eigenvalue weighted by Crippen LogP contribution is 2.48. The third-order valence-corrected chi connectivity index (χ3v) is 9.29. The van der Waals surface area contributed by atoms with E-state index >= 15 is 0 Å². The molecule has 2 aliphatic rings. The summed E-state index contributed by atoms with van der Waals surface area (Å²) in [5, 5.41) is 0. The Kier molecular flexibility index (Phi) is 6.99. The standard InChI is InChI=1S/C16H17I3O6S/c17-11-7-12(18)15(26(21,22)23)13(19)14(11)24-3-4-25-16(20)10-6-8-1-2-9(10)5-8/h7-10H,1-6H2,(H,21,22,23)/p-1. The Labute approximate surface area is 193 Å². The number of esters is 1. The van der Waals surface area contributed by atoms with Crippen LogP contribution in [0.1, 0.15) is 25.7 Å². The van der Waals surface area contributed by atoms with Crippen LogP contribution in [0.5, 0.6) is 5.75 Å². The molecule has 3 atom stereocenters. The van der Waals surface area contributed by atoms with E-state index in [1.165, 1.54) is 6.42 Å². The van der Waals surface area contributed by atoms with Crippen molar-refractivity contribution in [1.29, 1.82) is 0 Å². The van der Waals surface area contributed by atoms with E-state index in [0.717, 1.165) is 19.3 Å². The average Bonchev–Trinajstić information content (AvgIpc) is 3.14. The molecule has 0 aliphatic heterocycles. The molecule has 0 aromatic heterocycles. The van der Waals surface area contributed by atoms with Gasteiger partial charge in [0.1, 0.15) is 29.1 Å². The van der Waals surface area contributed by atoms with E-state index in [1.807, 2.05) is 45.2 Å². The Morgan fingerprint density at radius 2 is 1.88 bits per heavy atom. The molecule has 0 N–H and O–H groups in total. The predicted octanol–water partition coefficient (Wildman–Crippen LogP) is 3.76.